The summed E-state index contributed by atoms with van der Waals surface area (Å²) in [6, 6.07) is 9.19. The first-order chi connectivity index (χ1) is 33.8. The fraction of sp³-hybridized carbons (Fsp3) is 0.623. The molecule has 384 valence electrons. The maximum absolute atomic E-state index is 13.5. The van der Waals surface area contributed by atoms with E-state index in [0.29, 0.717) is 43.5 Å². The van der Waals surface area contributed by atoms with Crippen molar-refractivity contribution in [1.82, 2.24) is 40.2 Å². The van der Waals surface area contributed by atoms with Gasteiger partial charge in [-0.15, -0.1) is 0 Å². The van der Waals surface area contributed by atoms with Crippen LogP contribution >= 0.6 is 0 Å². The van der Waals surface area contributed by atoms with Crippen LogP contribution in [0.5, 0.6) is 11.5 Å². The van der Waals surface area contributed by atoms with Crippen LogP contribution in [0.3, 0.4) is 0 Å². The first-order valence-electron chi connectivity index (χ1n) is 25.7. The number of aryl methyl sites for hydroxylation is 3. The van der Waals surface area contributed by atoms with E-state index in [2.05, 4.69) is 35.2 Å². The summed E-state index contributed by atoms with van der Waals surface area (Å²) >= 11 is 0. The van der Waals surface area contributed by atoms with Crippen molar-refractivity contribution in [3.63, 3.8) is 0 Å². The zero-order valence-electron chi connectivity index (χ0n) is 41.8. The van der Waals surface area contributed by atoms with E-state index in [-0.39, 0.29) is 29.5 Å². The highest BCUT2D eigenvalue weighted by Gasteiger charge is 2.37. The minimum atomic E-state index is -4.65. The quantitative estimate of drug-likeness (QED) is 0.0868. The molecule has 4 fully saturated rings. The highest BCUT2D eigenvalue weighted by Crippen LogP contribution is 2.42. The normalized spacial score (nSPS) is 18.3. The Morgan fingerprint density at radius 2 is 1.11 bits per heavy atom. The van der Waals surface area contributed by atoms with Crippen molar-refractivity contribution < 1.29 is 41.4 Å². The fourth-order valence-electron chi connectivity index (χ4n) is 10.3. The molecule has 6 heterocycles. The van der Waals surface area contributed by atoms with E-state index in [9.17, 15) is 27.9 Å². The molecule has 2 aromatic heterocycles. The van der Waals surface area contributed by atoms with E-state index in [1.165, 1.54) is 57.7 Å². The molecule has 0 radical (unpaired) electrons. The van der Waals surface area contributed by atoms with Gasteiger partial charge in [0.05, 0.1) is 35.2 Å². The number of oxazole rings is 2. The zero-order valence-corrected chi connectivity index (χ0v) is 41.8. The standard InChI is InChI=1S/C27H40N4O3.C26H35F3N4O3/c1-20-9-7-10-24(33-3)25(20)27-29-23(21(2)34-27)19-31-17-11-22(12-18-31)26(32)28-13-8-16-30-14-5-4-6-15-30;1-18-21(31-25(36-18)23-20(26(27,28)29)7-5-8-22(23)34)17-33-15-9-19(10-16-33)24(35)30-11-6-14-32-12-3-2-4-13-32/h7,9-10,22H,4-6,8,11-19H2,1-3H3,(H,28,32);5,7-8,19,34H,2-4,6,9-17H2,1H3,(H,30,35). The van der Waals surface area contributed by atoms with Crippen LogP contribution in [0.25, 0.3) is 22.9 Å². The molecule has 14 nitrogen and oxygen atoms in total. The van der Waals surface area contributed by atoms with Crippen molar-refractivity contribution in [2.45, 2.75) is 117 Å². The first-order valence-corrected chi connectivity index (χ1v) is 25.7. The van der Waals surface area contributed by atoms with E-state index in [4.69, 9.17) is 18.6 Å². The van der Waals surface area contributed by atoms with Crippen molar-refractivity contribution >= 4 is 11.8 Å². The number of methoxy groups -OCH3 is 1. The van der Waals surface area contributed by atoms with E-state index in [0.717, 1.165) is 131 Å². The van der Waals surface area contributed by atoms with Gasteiger partial charge in [-0.25, -0.2) is 9.97 Å². The number of ether oxygens (including phenoxy) is 1. The number of halogens is 3. The zero-order chi connectivity index (χ0) is 49.6. The van der Waals surface area contributed by atoms with Gasteiger partial charge in [0, 0.05) is 38.0 Å². The summed E-state index contributed by atoms with van der Waals surface area (Å²) in [5, 5.41) is 16.4. The van der Waals surface area contributed by atoms with Crippen LogP contribution in [0, 0.1) is 32.6 Å². The molecule has 0 unspecified atom stereocenters. The van der Waals surface area contributed by atoms with Gasteiger partial charge >= 0.3 is 6.18 Å². The number of piperidine rings is 4. The van der Waals surface area contributed by atoms with Crippen molar-refractivity contribution in [1.29, 1.82) is 0 Å². The molecule has 4 saturated heterocycles. The SMILES string of the molecule is COc1cccc(C)c1-c1nc(CN2CCC(C(=O)NCCCN3CCCCC3)CC2)c(C)o1.Cc1oc(-c2c(O)cccc2C(F)(F)F)nc1CN1CCC(C(=O)NCCCN2CCCCC2)CC1. The predicted molar refractivity (Wildman–Crippen MR) is 263 cm³/mol. The number of nitrogens with zero attached hydrogens (tertiary/aromatic N) is 6. The van der Waals surface area contributed by atoms with Gasteiger partial charge < -0.3 is 39.1 Å². The molecule has 2 aromatic carbocycles. The molecule has 8 rings (SSSR count). The van der Waals surface area contributed by atoms with Crippen molar-refractivity contribution in [3.05, 3.63) is 70.4 Å². The molecule has 4 aliphatic heterocycles. The minimum absolute atomic E-state index is 0.0270. The van der Waals surface area contributed by atoms with E-state index in [1.807, 2.05) is 32.0 Å². The number of phenols is 1. The number of aromatic hydroxyl groups is 1. The highest BCUT2D eigenvalue weighted by atomic mass is 19.4. The number of hydrogen-bond acceptors (Lipinski definition) is 12. The third-order valence-electron chi connectivity index (χ3n) is 14.5. The van der Waals surface area contributed by atoms with Crippen LogP contribution in [0.15, 0.2) is 45.2 Å². The van der Waals surface area contributed by atoms with Crippen LogP contribution in [-0.2, 0) is 28.9 Å². The lowest BCUT2D eigenvalue weighted by Gasteiger charge is -2.31. The van der Waals surface area contributed by atoms with Crippen LogP contribution in [0.1, 0.15) is 111 Å². The van der Waals surface area contributed by atoms with Gasteiger partial charge in [0.2, 0.25) is 23.6 Å². The molecule has 0 aliphatic carbocycles. The van der Waals surface area contributed by atoms with Gasteiger partial charge in [-0.1, -0.05) is 31.0 Å². The Morgan fingerprint density at radius 3 is 1.57 bits per heavy atom. The van der Waals surface area contributed by atoms with Gasteiger partial charge in [-0.05, 0) is 174 Å². The number of hydrogen-bond donors (Lipinski definition) is 3. The van der Waals surface area contributed by atoms with Crippen molar-refractivity contribution in [3.8, 4) is 34.4 Å². The van der Waals surface area contributed by atoms with E-state index in [1.54, 1.807) is 14.0 Å². The lowest BCUT2D eigenvalue weighted by atomic mass is 9.95. The largest absolute Gasteiger partial charge is 0.507 e. The number of aromatic nitrogens is 2. The summed E-state index contributed by atoms with van der Waals surface area (Å²) in [6.07, 6.45) is 8.46. The van der Waals surface area contributed by atoms with Crippen molar-refractivity contribution in [2.24, 2.45) is 11.8 Å². The molecule has 3 N–H and O–H groups in total. The fourth-order valence-corrected chi connectivity index (χ4v) is 10.3. The molecule has 0 atom stereocenters. The summed E-state index contributed by atoms with van der Waals surface area (Å²) in [7, 11) is 1.67. The van der Waals surface area contributed by atoms with Gasteiger partial charge in [-0.2, -0.15) is 13.2 Å². The molecule has 0 bridgehead atoms. The third-order valence-corrected chi connectivity index (χ3v) is 14.5. The number of amides is 2. The number of phenolic OH excluding ortho intramolecular Hbond substituents is 1. The van der Waals surface area contributed by atoms with Gasteiger partial charge in [0.15, 0.2) is 0 Å². The monoisotopic (exact) mass is 977 g/mol. The van der Waals surface area contributed by atoms with Gasteiger partial charge in [-0.3, -0.25) is 19.4 Å². The number of nitrogens with one attached hydrogen (secondary N) is 2. The second-order valence-electron chi connectivity index (χ2n) is 19.6. The Hall–Kier alpha value is -4.97. The molecule has 2 amide bonds. The molecular weight excluding hydrogens is 902 g/mol. The van der Waals surface area contributed by atoms with Crippen LogP contribution in [-0.4, -0.2) is 132 Å². The Kier molecular flexibility index (Phi) is 19.2. The Labute approximate surface area is 411 Å². The maximum atomic E-state index is 13.5. The second-order valence-corrected chi connectivity index (χ2v) is 19.6. The Balaban J connectivity index is 0.000000207. The average Bonchev–Trinajstić information content (AvgIpc) is 3.91. The average molecular weight is 977 g/mol. The number of rotatable bonds is 17. The van der Waals surface area contributed by atoms with Gasteiger partial charge in [0.1, 0.15) is 23.0 Å². The molecule has 0 spiro atoms. The summed E-state index contributed by atoms with van der Waals surface area (Å²) in [4.78, 5) is 43.8. The number of carbonyl (C=O) groups is 2. The van der Waals surface area contributed by atoms with Crippen LogP contribution < -0.4 is 15.4 Å². The topological polar surface area (TPSA) is 153 Å². The summed E-state index contributed by atoms with van der Waals surface area (Å²) in [6.45, 7) is 18.4. The number of carbonyl (C=O) groups excluding carboxylic acids is 2. The predicted octanol–water partition coefficient (Wildman–Crippen LogP) is 8.75. The lowest BCUT2D eigenvalue weighted by Crippen LogP contribution is -2.41. The number of likely N-dealkylation sites (tertiary alicyclic amines) is 4. The molecule has 4 aliphatic rings. The Morgan fingerprint density at radius 1 is 0.657 bits per heavy atom. The lowest BCUT2D eigenvalue weighted by molar-refractivity contribution is -0.137. The Bertz CT molecular complexity index is 2290. The van der Waals surface area contributed by atoms with E-state index >= 15 is 0 Å². The summed E-state index contributed by atoms with van der Waals surface area (Å²) in [5.41, 5.74) is 2.04. The van der Waals surface area contributed by atoms with Crippen LogP contribution in [0.4, 0.5) is 13.2 Å². The van der Waals surface area contributed by atoms with Crippen molar-refractivity contribution in [2.75, 3.05) is 85.6 Å². The third kappa shape index (κ3) is 14.6. The molecule has 4 aromatic rings. The first kappa shape index (κ1) is 52.8. The second kappa shape index (κ2) is 25.4. The molecule has 17 heteroatoms. The molecular formula is C53H75F3N8O6. The summed E-state index contributed by atoms with van der Waals surface area (Å²) < 4.78 is 57.5. The molecule has 0 saturated carbocycles. The number of alkyl halides is 3. The van der Waals surface area contributed by atoms with E-state index < -0.39 is 23.1 Å². The summed E-state index contributed by atoms with van der Waals surface area (Å²) in [5.74, 6) is 2.29. The molecule has 70 heavy (non-hydrogen) atoms. The van der Waals surface area contributed by atoms with Gasteiger partial charge in [0.25, 0.3) is 0 Å². The maximum Gasteiger partial charge on any atom is 0.417 e. The smallest absolute Gasteiger partial charge is 0.417 e. The number of benzene rings is 2. The minimum Gasteiger partial charge on any atom is -0.507 e. The highest BCUT2D eigenvalue weighted by molar-refractivity contribution is 5.79. The van der Waals surface area contributed by atoms with Crippen LogP contribution in [0.2, 0.25) is 0 Å².